The van der Waals surface area contributed by atoms with Crippen LogP contribution in [0.5, 0.6) is 0 Å². The van der Waals surface area contributed by atoms with Gasteiger partial charge in [0.2, 0.25) is 5.91 Å². The van der Waals surface area contributed by atoms with Crippen LogP contribution in [-0.2, 0) is 4.79 Å². The van der Waals surface area contributed by atoms with Crippen LogP contribution in [0.1, 0.15) is 31.0 Å². The summed E-state index contributed by atoms with van der Waals surface area (Å²) < 4.78 is 0. The highest BCUT2D eigenvalue weighted by atomic mass is 35.5. The third-order valence-electron chi connectivity index (χ3n) is 3.29. The van der Waals surface area contributed by atoms with E-state index < -0.39 is 0 Å². The van der Waals surface area contributed by atoms with Crippen LogP contribution in [0.2, 0.25) is 5.02 Å². The van der Waals surface area contributed by atoms with Gasteiger partial charge in [-0.2, -0.15) is 0 Å². The van der Waals surface area contributed by atoms with Gasteiger partial charge in [-0.15, -0.1) is 0 Å². The molecule has 0 spiro atoms. The molecule has 0 heterocycles. The summed E-state index contributed by atoms with van der Waals surface area (Å²) in [5.41, 5.74) is 3.93. The SMILES string of the molecule is CC(=O)Nc1cccc(C(C)Nc2c(C)cccc2Cl)c1. The Kier molecular flexibility index (Phi) is 4.86. The molecule has 0 aliphatic rings. The van der Waals surface area contributed by atoms with Crippen molar-refractivity contribution in [3.8, 4) is 0 Å². The summed E-state index contributed by atoms with van der Waals surface area (Å²) in [5, 5.41) is 6.93. The smallest absolute Gasteiger partial charge is 0.221 e. The number of halogens is 1. The summed E-state index contributed by atoms with van der Waals surface area (Å²) in [4.78, 5) is 11.1. The van der Waals surface area contributed by atoms with E-state index in [-0.39, 0.29) is 11.9 Å². The average molecular weight is 303 g/mol. The maximum atomic E-state index is 11.1. The van der Waals surface area contributed by atoms with E-state index in [4.69, 9.17) is 11.6 Å². The van der Waals surface area contributed by atoms with Crippen LogP contribution in [-0.4, -0.2) is 5.91 Å². The topological polar surface area (TPSA) is 41.1 Å². The fraction of sp³-hybridized carbons (Fsp3) is 0.235. The van der Waals surface area contributed by atoms with Gasteiger partial charge in [0.05, 0.1) is 10.7 Å². The summed E-state index contributed by atoms with van der Waals surface area (Å²) in [6.45, 7) is 5.59. The van der Waals surface area contributed by atoms with Gasteiger partial charge in [0.1, 0.15) is 0 Å². The molecule has 1 unspecified atom stereocenters. The number of rotatable bonds is 4. The molecule has 2 rings (SSSR count). The zero-order chi connectivity index (χ0) is 15.4. The number of hydrogen-bond acceptors (Lipinski definition) is 2. The second kappa shape index (κ2) is 6.64. The maximum Gasteiger partial charge on any atom is 0.221 e. The molecular weight excluding hydrogens is 284 g/mol. The lowest BCUT2D eigenvalue weighted by Crippen LogP contribution is -2.10. The van der Waals surface area contributed by atoms with E-state index in [2.05, 4.69) is 17.6 Å². The highest BCUT2D eigenvalue weighted by molar-refractivity contribution is 6.33. The van der Waals surface area contributed by atoms with Crippen LogP contribution in [0.25, 0.3) is 0 Å². The molecule has 0 aliphatic heterocycles. The minimum Gasteiger partial charge on any atom is -0.377 e. The first kappa shape index (κ1) is 15.4. The number of aryl methyl sites for hydroxylation is 1. The Bertz CT molecular complexity index is 635. The largest absolute Gasteiger partial charge is 0.377 e. The van der Waals surface area contributed by atoms with Gasteiger partial charge in [-0.3, -0.25) is 4.79 Å². The van der Waals surface area contributed by atoms with Crippen molar-refractivity contribution in [3.05, 3.63) is 58.6 Å². The molecule has 0 aromatic heterocycles. The van der Waals surface area contributed by atoms with E-state index in [0.29, 0.717) is 5.02 Å². The number of carbonyl (C=O) groups is 1. The molecule has 110 valence electrons. The molecular formula is C17H19ClN2O. The van der Waals surface area contributed by atoms with Crippen LogP contribution in [0.15, 0.2) is 42.5 Å². The predicted molar refractivity (Wildman–Crippen MR) is 89.0 cm³/mol. The lowest BCUT2D eigenvalue weighted by molar-refractivity contribution is -0.114. The monoisotopic (exact) mass is 302 g/mol. The zero-order valence-electron chi connectivity index (χ0n) is 12.4. The van der Waals surface area contributed by atoms with Gasteiger partial charge in [0.25, 0.3) is 0 Å². The summed E-state index contributed by atoms with van der Waals surface area (Å²) in [5.74, 6) is -0.0743. The third-order valence-corrected chi connectivity index (χ3v) is 3.60. The second-order valence-electron chi connectivity index (χ2n) is 5.10. The summed E-state index contributed by atoms with van der Waals surface area (Å²) >= 11 is 6.24. The fourth-order valence-corrected chi connectivity index (χ4v) is 2.48. The number of anilines is 2. The molecule has 3 nitrogen and oxygen atoms in total. The minimum atomic E-state index is -0.0743. The first-order valence-corrected chi connectivity index (χ1v) is 7.24. The Balaban J connectivity index is 2.20. The summed E-state index contributed by atoms with van der Waals surface area (Å²) in [6, 6.07) is 13.7. The number of benzene rings is 2. The van der Waals surface area contributed by atoms with Crippen molar-refractivity contribution in [1.82, 2.24) is 0 Å². The van der Waals surface area contributed by atoms with E-state index >= 15 is 0 Å². The van der Waals surface area contributed by atoms with Crippen molar-refractivity contribution in [3.63, 3.8) is 0 Å². The van der Waals surface area contributed by atoms with Gasteiger partial charge in [-0.25, -0.2) is 0 Å². The molecule has 0 aliphatic carbocycles. The van der Waals surface area contributed by atoms with Crippen molar-refractivity contribution in [2.45, 2.75) is 26.8 Å². The predicted octanol–water partition coefficient (Wildman–Crippen LogP) is 4.78. The molecule has 2 N–H and O–H groups in total. The normalized spacial score (nSPS) is 11.8. The van der Waals surface area contributed by atoms with E-state index in [9.17, 15) is 4.79 Å². The quantitative estimate of drug-likeness (QED) is 0.853. The molecule has 0 fully saturated rings. The molecule has 21 heavy (non-hydrogen) atoms. The van der Waals surface area contributed by atoms with Crippen molar-refractivity contribution >= 4 is 28.9 Å². The Hall–Kier alpha value is -2.00. The molecule has 1 atom stereocenters. The van der Waals surface area contributed by atoms with E-state index in [0.717, 1.165) is 22.5 Å². The molecule has 2 aromatic carbocycles. The van der Waals surface area contributed by atoms with Crippen LogP contribution >= 0.6 is 11.6 Å². The Morgan fingerprint density at radius 1 is 1.19 bits per heavy atom. The zero-order valence-corrected chi connectivity index (χ0v) is 13.2. The van der Waals surface area contributed by atoms with Crippen molar-refractivity contribution in [2.24, 2.45) is 0 Å². The molecule has 1 amide bonds. The lowest BCUT2D eigenvalue weighted by Gasteiger charge is -2.19. The van der Waals surface area contributed by atoms with E-state index in [1.165, 1.54) is 6.92 Å². The van der Waals surface area contributed by atoms with Crippen LogP contribution < -0.4 is 10.6 Å². The van der Waals surface area contributed by atoms with Crippen molar-refractivity contribution < 1.29 is 4.79 Å². The highest BCUT2D eigenvalue weighted by Crippen LogP contribution is 2.29. The van der Waals surface area contributed by atoms with Gasteiger partial charge >= 0.3 is 0 Å². The number of nitrogens with one attached hydrogen (secondary N) is 2. The third kappa shape index (κ3) is 3.99. The molecule has 2 aromatic rings. The van der Waals surface area contributed by atoms with Gasteiger partial charge in [-0.1, -0.05) is 35.9 Å². The van der Waals surface area contributed by atoms with Gasteiger partial charge in [0, 0.05) is 18.7 Å². The maximum absolute atomic E-state index is 11.1. The minimum absolute atomic E-state index is 0.0743. The summed E-state index contributed by atoms with van der Waals surface area (Å²) in [7, 11) is 0. The van der Waals surface area contributed by atoms with Crippen LogP contribution in [0.3, 0.4) is 0 Å². The van der Waals surface area contributed by atoms with E-state index in [1.807, 2.05) is 49.4 Å². The standard InChI is InChI=1S/C17H19ClN2O/c1-11-6-4-9-16(18)17(11)19-12(2)14-7-5-8-15(10-14)20-13(3)21/h4-10,12,19H,1-3H3,(H,20,21). The van der Waals surface area contributed by atoms with Gasteiger partial charge in [0.15, 0.2) is 0 Å². The highest BCUT2D eigenvalue weighted by Gasteiger charge is 2.10. The lowest BCUT2D eigenvalue weighted by atomic mass is 10.1. The van der Waals surface area contributed by atoms with Crippen molar-refractivity contribution in [1.29, 1.82) is 0 Å². The number of hydrogen-bond donors (Lipinski definition) is 2. The molecule has 0 bridgehead atoms. The second-order valence-corrected chi connectivity index (χ2v) is 5.51. The fourth-order valence-electron chi connectivity index (χ4n) is 2.20. The van der Waals surface area contributed by atoms with E-state index in [1.54, 1.807) is 0 Å². The molecule has 0 radical (unpaired) electrons. The van der Waals surface area contributed by atoms with Crippen LogP contribution in [0.4, 0.5) is 11.4 Å². The summed E-state index contributed by atoms with van der Waals surface area (Å²) in [6.07, 6.45) is 0. The van der Waals surface area contributed by atoms with Gasteiger partial charge in [-0.05, 0) is 43.2 Å². The molecule has 0 saturated heterocycles. The Labute approximate surface area is 130 Å². The number of para-hydroxylation sites is 1. The first-order chi connectivity index (χ1) is 9.97. The van der Waals surface area contributed by atoms with Crippen molar-refractivity contribution in [2.75, 3.05) is 10.6 Å². The molecule has 4 heteroatoms. The number of amides is 1. The average Bonchev–Trinajstić information content (AvgIpc) is 2.42. The Morgan fingerprint density at radius 3 is 2.57 bits per heavy atom. The molecule has 0 saturated carbocycles. The Morgan fingerprint density at radius 2 is 1.90 bits per heavy atom. The number of carbonyl (C=O) groups excluding carboxylic acids is 1. The van der Waals surface area contributed by atoms with Crippen LogP contribution in [0, 0.1) is 6.92 Å². The van der Waals surface area contributed by atoms with Gasteiger partial charge < -0.3 is 10.6 Å². The first-order valence-electron chi connectivity index (χ1n) is 6.86.